The molecule has 1 aliphatic heterocycles. The smallest absolute Gasteiger partial charge is 0.745 e. The van der Waals surface area contributed by atoms with Crippen molar-refractivity contribution in [2.45, 2.75) is 108 Å². The molecule has 14 heteroatoms. The zero-order valence-corrected chi connectivity index (χ0v) is 28.6. The third kappa shape index (κ3) is 13.0. The Balaban J connectivity index is 0.00000675. The van der Waals surface area contributed by atoms with Gasteiger partial charge in [-0.15, -0.1) is 0 Å². The second kappa shape index (κ2) is 19.4. The first-order valence-electron chi connectivity index (χ1n) is 15.3. The number of carbonyl (C=O) groups excluding carboxylic acids is 4. The SMILES string of the molecule is CCCCCC(=O)OC([C@H](C[C@@H]1CCNC1=O)NC(=O)[C@H](CC1CCCCC1)NC(=O)OCc1ccccc1)S(=O)(=O)[O-].[Na+]. The summed E-state index contributed by atoms with van der Waals surface area (Å²) in [6.07, 6.45) is 6.22. The van der Waals surface area contributed by atoms with Crippen LogP contribution >= 0.6 is 0 Å². The van der Waals surface area contributed by atoms with Crippen LogP contribution in [0.2, 0.25) is 0 Å². The number of ether oxygens (including phenoxy) is 2. The second-order valence-corrected chi connectivity index (χ2v) is 12.9. The van der Waals surface area contributed by atoms with E-state index in [-0.39, 0.29) is 67.3 Å². The number of esters is 1. The summed E-state index contributed by atoms with van der Waals surface area (Å²) in [6.45, 7) is 2.27. The maximum atomic E-state index is 13.7. The molecule has 2 fully saturated rings. The van der Waals surface area contributed by atoms with Gasteiger partial charge in [-0.25, -0.2) is 13.2 Å². The van der Waals surface area contributed by atoms with Gasteiger partial charge in [-0.1, -0.05) is 82.2 Å². The van der Waals surface area contributed by atoms with Gasteiger partial charge in [-0.05, 0) is 37.2 Å². The molecule has 44 heavy (non-hydrogen) atoms. The van der Waals surface area contributed by atoms with Gasteiger partial charge >= 0.3 is 41.6 Å². The number of rotatable bonds is 16. The van der Waals surface area contributed by atoms with E-state index in [2.05, 4.69) is 16.0 Å². The average Bonchev–Trinajstić information content (AvgIpc) is 3.38. The van der Waals surface area contributed by atoms with Crippen molar-refractivity contribution in [1.82, 2.24) is 16.0 Å². The van der Waals surface area contributed by atoms with Gasteiger partial charge in [0.15, 0.2) is 0 Å². The molecule has 1 unspecified atom stereocenters. The topological polar surface area (TPSA) is 180 Å². The Labute approximate surface area is 282 Å². The first-order chi connectivity index (χ1) is 20.6. The fraction of sp³-hybridized carbons (Fsp3) is 0.667. The van der Waals surface area contributed by atoms with Gasteiger partial charge < -0.3 is 30.0 Å². The van der Waals surface area contributed by atoms with E-state index < -0.39 is 51.5 Å². The summed E-state index contributed by atoms with van der Waals surface area (Å²) >= 11 is 0. The Morgan fingerprint density at radius 1 is 1.02 bits per heavy atom. The van der Waals surface area contributed by atoms with Crippen LogP contribution < -0.4 is 45.5 Å². The Bertz CT molecular complexity index is 1180. The number of amides is 3. The molecule has 0 bridgehead atoms. The molecular weight excluding hydrogens is 601 g/mol. The summed E-state index contributed by atoms with van der Waals surface area (Å²) in [6, 6.07) is 6.40. The van der Waals surface area contributed by atoms with E-state index in [1.807, 2.05) is 13.0 Å². The van der Waals surface area contributed by atoms with Gasteiger partial charge in [0.1, 0.15) is 22.8 Å². The number of unbranched alkanes of at least 4 members (excludes halogenated alkanes) is 2. The van der Waals surface area contributed by atoms with Crippen molar-refractivity contribution in [1.29, 1.82) is 0 Å². The number of carbonyl (C=O) groups is 4. The summed E-state index contributed by atoms with van der Waals surface area (Å²) in [7, 11) is -5.26. The van der Waals surface area contributed by atoms with Crippen molar-refractivity contribution in [3.05, 3.63) is 35.9 Å². The van der Waals surface area contributed by atoms with Crippen LogP contribution in [0.3, 0.4) is 0 Å². The van der Waals surface area contributed by atoms with Crippen molar-refractivity contribution in [2.24, 2.45) is 11.8 Å². The maximum Gasteiger partial charge on any atom is 1.00 e. The third-order valence-corrected chi connectivity index (χ3v) is 8.98. The van der Waals surface area contributed by atoms with Gasteiger partial charge in [-0.2, -0.15) is 0 Å². The fourth-order valence-corrected chi connectivity index (χ4v) is 6.45. The predicted molar refractivity (Wildman–Crippen MR) is 156 cm³/mol. The van der Waals surface area contributed by atoms with Crippen LogP contribution in [0.15, 0.2) is 30.3 Å². The quantitative estimate of drug-likeness (QED) is 0.0984. The molecule has 0 spiro atoms. The number of alkyl carbamates (subject to hydrolysis) is 1. The molecule has 1 aromatic rings. The molecule has 3 N–H and O–H groups in total. The van der Waals surface area contributed by atoms with Gasteiger partial charge in [0.05, 0.1) is 6.04 Å². The zero-order valence-electron chi connectivity index (χ0n) is 25.8. The first-order valence-corrected chi connectivity index (χ1v) is 16.7. The monoisotopic (exact) mass is 645 g/mol. The molecular formula is C30H44N3NaO9S. The first kappa shape index (κ1) is 38.0. The maximum absolute atomic E-state index is 13.7. The van der Waals surface area contributed by atoms with E-state index in [0.29, 0.717) is 25.8 Å². The number of nitrogens with one attached hydrogen (secondary N) is 3. The number of hydrogen-bond donors (Lipinski definition) is 3. The third-order valence-electron chi connectivity index (χ3n) is 7.99. The standard InChI is InChI=1S/C30H45N3O9S.Na/c1-2-3-6-15-26(34)42-29(43(38,39)40)25(19-23-16-17-31-27(23)35)32-28(36)24(18-21-11-7-4-8-12-21)33-30(37)41-20-22-13-9-5-10-14-22;/h5,9-10,13-14,21,23-25,29H,2-4,6-8,11-12,15-20H2,1H3,(H,31,35)(H,32,36)(H,33,37)(H,38,39,40);/q;+1/p-1/t23-,24-,25-,29?;/m0./s1. The molecule has 0 aromatic heterocycles. The van der Waals surface area contributed by atoms with E-state index in [1.54, 1.807) is 24.3 Å². The van der Waals surface area contributed by atoms with Gasteiger partial charge in [-0.3, -0.25) is 14.4 Å². The molecule has 12 nitrogen and oxygen atoms in total. The molecule has 2 aliphatic rings. The largest absolute Gasteiger partial charge is 1.00 e. The average molecular weight is 646 g/mol. The molecule has 1 saturated carbocycles. The Kier molecular flexibility index (Phi) is 16.7. The van der Waals surface area contributed by atoms with E-state index >= 15 is 0 Å². The molecule has 1 saturated heterocycles. The molecule has 4 atom stereocenters. The number of benzene rings is 1. The van der Waals surface area contributed by atoms with E-state index in [4.69, 9.17) is 9.47 Å². The molecule has 1 heterocycles. The minimum atomic E-state index is -5.26. The number of hydrogen-bond acceptors (Lipinski definition) is 9. The minimum Gasteiger partial charge on any atom is -0.745 e. The Morgan fingerprint density at radius 2 is 1.73 bits per heavy atom. The van der Waals surface area contributed by atoms with E-state index in [0.717, 1.165) is 44.1 Å². The molecule has 3 amide bonds. The molecule has 3 rings (SSSR count). The summed E-state index contributed by atoms with van der Waals surface area (Å²) < 4.78 is 47.7. The van der Waals surface area contributed by atoms with Crippen molar-refractivity contribution >= 4 is 34.0 Å². The van der Waals surface area contributed by atoms with Gasteiger partial charge in [0, 0.05) is 18.9 Å². The van der Waals surface area contributed by atoms with E-state index in [9.17, 15) is 32.1 Å². The van der Waals surface area contributed by atoms with Crippen LogP contribution in [-0.4, -0.2) is 60.9 Å². The minimum absolute atomic E-state index is 0. The van der Waals surface area contributed by atoms with Crippen molar-refractivity contribution < 1.29 is 71.2 Å². The van der Waals surface area contributed by atoms with Crippen molar-refractivity contribution in [3.63, 3.8) is 0 Å². The molecule has 1 aromatic carbocycles. The van der Waals surface area contributed by atoms with Gasteiger partial charge in [0.2, 0.25) is 17.3 Å². The normalized spacial score (nSPS) is 19.0. The summed E-state index contributed by atoms with van der Waals surface area (Å²) in [4.78, 5) is 51.3. The molecule has 240 valence electrons. The van der Waals surface area contributed by atoms with Crippen molar-refractivity contribution in [2.75, 3.05) is 6.54 Å². The van der Waals surface area contributed by atoms with E-state index in [1.165, 1.54) is 0 Å². The van der Waals surface area contributed by atoms with Crippen LogP contribution in [0, 0.1) is 11.8 Å². The van der Waals surface area contributed by atoms with Crippen LogP contribution in [0.25, 0.3) is 0 Å². The fourth-order valence-electron chi connectivity index (χ4n) is 5.64. The summed E-state index contributed by atoms with van der Waals surface area (Å²) in [5.74, 6) is -2.55. The van der Waals surface area contributed by atoms with Gasteiger partial charge in [0.25, 0.3) is 0 Å². The predicted octanol–water partition coefficient (Wildman–Crippen LogP) is 0.262. The second-order valence-electron chi connectivity index (χ2n) is 11.4. The van der Waals surface area contributed by atoms with Crippen LogP contribution in [0.4, 0.5) is 4.79 Å². The van der Waals surface area contributed by atoms with Crippen LogP contribution in [0.1, 0.15) is 89.5 Å². The van der Waals surface area contributed by atoms with Crippen molar-refractivity contribution in [3.8, 4) is 0 Å². The van der Waals surface area contributed by atoms with Crippen LogP contribution in [-0.2, 0) is 40.6 Å². The Hall–Kier alpha value is -2.19. The van der Waals surface area contributed by atoms with Crippen LogP contribution in [0.5, 0.6) is 0 Å². The Morgan fingerprint density at radius 3 is 2.34 bits per heavy atom. The zero-order chi connectivity index (χ0) is 31.2. The molecule has 0 radical (unpaired) electrons. The molecule has 1 aliphatic carbocycles. The summed E-state index contributed by atoms with van der Waals surface area (Å²) in [5.41, 5.74) is -1.48. The summed E-state index contributed by atoms with van der Waals surface area (Å²) in [5, 5.41) is 7.83.